The molecule has 0 unspecified atom stereocenters. The van der Waals surface area contributed by atoms with Gasteiger partial charge in [0.05, 0.1) is 6.54 Å². The van der Waals surface area contributed by atoms with E-state index in [1.54, 1.807) is 19.1 Å². The normalized spacial score (nSPS) is 10.1. The number of hydrogen-bond donors (Lipinski definition) is 2. The van der Waals surface area contributed by atoms with Gasteiger partial charge in [0.1, 0.15) is 18.2 Å². The number of carbonyl (C=O) groups excluding carboxylic acids is 1. The Morgan fingerprint density at radius 1 is 1.30 bits per heavy atom. The zero-order valence-corrected chi connectivity index (χ0v) is 11.3. The zero-order chi connectivity index (χ0) is 14.4. The molecule has 5 heteroatoms. The third-order valence-electron chi connectivity index (χ3n) is 2.63. The number of nitrogen functional groups attached to an aromatic ring is 1. The van der Waals surface area contributed by atoms with Gasteiger partial charge < -0.3 is 15.8 Å². The quantitative estimate of drug-likeness (QED) is 0.813. The van der Waals surface area contributed by atoms with E-state index >= 15 is 0 Å². The summed E-state index contributed by atoms with van der Waals surface area (Å²) in [7, 11) is 0. The molecule has 2 aromatic rings. The van der Waals surface area contributed by atoms with Crippen LogP contribution in [0.4, 0.5) is 5.82 Å². The smallest absolute Gasteiger partial charge is 0.251 e. The Hall–Kier alpha value is -2.56. The molecule has 0 spiro atoms. The van der Waals surface area contributed by atoms with E-state index in [-0.39, 0.29) is 5.91 Å². The van der Waals surface area contributed by atoms with E-state index in [2.05, 4.69) is 10.3 Å². The highest BCUT2D eigenvalue weighted by molar-refractivity contribution is 5.94. The number of nitrogens with one attached hydrogen (secondary N) is 1. The summed E-state index contributed by atoms with van der Waals surface area (Å²) >= 11 is 0. The molecule has 0 aliphatic carbocycles. The number of nitrogens with zero attached hydrogens (tertiary/aromatic N) is 1. The lowest BCUT2D eigenvalue weighted by Gasteiger charge is -2.08. The first kappa shape index (κ1) is 13.9. The van der Waals surface area contributed by atoms with Crippen LogP contribution in [-0.4, -0.2) is 24.0 Å². The van der Waals surface area contributed by atoms with E-state index in [1.807, 2.05) is 30.3 Å². The highest BCUT2D eigenvalue weighted by atomic mass is 16.5. The van der Waals surface area contributed by atoms with Crippen molar-refractivity contribution in [2.45, 2.75) is 6.92 Å². The van der Waals surface area contributed by atoms with Crippen LogP contribution < -0.4 is 15.8 Å². The molecule has 0 atom stereocenters. The van der Waals surface area contributed by atoms with Gasteiger partial charge in [0.25, 0.3) is 5.91 Å². The summed E-state index contributed by atoms with van der Waals surface area (Å²) in [5.74, 6) is 0.945. The maximum atomic E-state index is 11.9. The van der Waals surface area contributed by atoms with Crippen molar-refractivity contribution < 1.29 is 9.53 Å². The second kappa shape index (κ2) is 6.56. The molecular formula is C15H17N3O2. The average molecular weight is 271 g/mol. The SMILES string of the molecule is Cc1cc(C(=O)NCCOc2ccccc2)cc(N)n1. The molecule has 20 heavy (non-hydrogen) atoms. The van der Waals surface area contributed by atoms with Crippen molar-refractivity contribution >= 4 is 11.7 Å². The van der Waals surface area contributed by atoms with Crippen LogP contribution >= 0.6 is 0 Å². The number of nitrogens with two attached hydrogens (primary N) is 1. The summed E-state index contributed by atoms with van der Waals surface area (Å²) in [6, 6.07) is 12.7. The molecule has 0 aliphatic heterocycles. The highest BCUT2D eigenvalue weighted by Crippen LogP contribution is 2.08. The van der Waals surface area contributed by atoms with Gasteiger partial charge in [-0.2, -0.15) is 0 Å². The average Bonchev–Trinajstić information content (AvgIpc) is 2.43. The van der Waals surface area contributed by atoms with Crippen LogP contribution in [0.25, 0.3) is 0 Å². The predicted octanol–water partition coefficient (Wildman–Crippen LogP) is 1.78. The zero-order valence-electron chi connectivity index (χ0n) is 11.3. The number of anilines is 1. The minimum atomic E-state index is -0.182. The molecule has 1 aromatic heterocycles. The van der Waals surface area contributed by atoms with Crippen molar-refractivity contribution in [2.75, 3.05) is 18.9 Å². The van der Waals surface area contributed by atoms with E-state index < -0.39 is 0 Å². The number of pyridine rings is 1. The molecule has 0 radical (unpaired) electrons. The fourth-order valence-corrected chi connectivity index (χ4v) is 1.78. The Balaban J connectivity index is 1.80. The third-order valence-corrected chi connectivity index (χ3v) is 2.63. The Kier molecular flexibility index (Phi) is 4.55. The summed E-state index contributed by atoms with van der Waals surface area (Å²) in [6.07, 6.45) is 0. The molecule has 3 N–H and O–H groups in total. The Labute approximate surface area is 117 Å². The Morgan fingerprint density at radius 3 is 2.75 bits per heavy atom. The summed E-state index contributed by atoms with van der Waals surface area (Å²) in [4.78, 5) is 15.9. The number of para-hydroxylation sites is 1. The van der Waals surface area contributed by atoms with Crippen LogP contribution in [0.15, 0.2) is 42.5 Å². The largest absolute Gasteiger partial charge is 0.492 e. The fourth-order valence-electron chi connectivity index (χ4n) is 1.78. The lowest BCUT2D eigenvalue weighted by atomic mass is 10.2. The van der Waals surface area contributed by atoms with Crippen LogP contribution in [0.3, 0.4) is 0 Å². The monoisotopic (exact) mass is 271 g/mol. The second-order valence-corrected chi connectivity index (χ2v) is 4.34. The van der Waals surface area contributed by atoms with Crippen LogP contribution in [-0.2, 0) is 0 Å². The number of benzene rings is 1. The van der Waals surface area contributed by atoms with Gasteiger partial charge in [-0.15, -0.1) is 0 Å². The van der Waals surface area contributed by atoms with Crippen LogP contribution in [0.2, 0.25) is 0 Å². The van der Waals surface area contributed by atoms with Crippen LogP contribution in [0.5, 0.6) is 5.75 Å². The van der Waals surface area contributed by atoms with E-state index in [0.717, 1.165) is 11.4 Å². The highest BCUT2D eigenvalue weighted by Gasteiger charge is 2.06. The van der Waals surface area contributed by atoms with Crippen LogP contribution in [0, 0.1) is 6.92 Å². The summed E-state index contributed by atoms with van der Waals surface area (Å²) in [5.41, 5.74) is 6.84. The molecule has 1 amide bonds. The van der Waals surface area contributed by atoms with Gasteiger partial charge in [-0.25, -0.2) is 4.98 Å². The predicted molar refractivity (Wildman–Crippen MR) is 77.7 cm³/mol. The summed E-state index contributed by atoms with van der Waals surface area (Å²) in [6.45, 7) is 2.63. The van der Waals surface area contributed by atoms with E-state index in [1.165, 1.54) is 0 Å². The number of hydrogen-bond acceptors (Lipinski definition) is 4. The first-order valence-electron chi connectivity index (χ1n) is 6.35. The fraction of sp³-hybridized carbons (Fsp3) is 0.200. The molecule has 1 heterocycles. The van der Waals surface area contributed by atoms with Crippen molar-refractivity contribution in [3.05, 3.63) is 53.7 Å². The van der Waals surface area contributed by atoms with Gasteiger partial charge in [-0.05, 0) is 31.2 Å². The topological polar surface area (TPSA) is 77.2 Å². The minimum absolute atomic E-state index is 0.182. The molecule has 1 aromatic carbocycles. The standard InChI is InChI=1S/C15H17N3O2/c1-11-9-12(10-14(16)18-11)15(19)17-7-8-20-13-5-3-2-4-6-13/h2-6,9-10H,7-8H2,1H3,(H2,16,18)(H,17,19). The van der Waals surface area contributed by atoms with Gasteiger partial charge >= 0.3 is 0 Å². The van der Waals surface area contributed by atoms with Crippen molar-refractivity contribution in [1.82, 2.24) is 10.3 Å². The van der Waals surface area contributed by atoms with Gasteiger partial charge in [0.15, 0.2) is 0 Å². The van der Waals surface area contributed by atoms with Crippen molar-refractivity contribution in [1.29, 1.82) is 0 Å². The molecule has 0 saturated carbocycles. The van der Waals surface area contributed by atoms with Crippen molar-refractivity contribution in [2.24, 2.45) is 0 Å². The molecule has 5 nitrogen and oxygen atoms in total. The Morgan fingerprint density at radius 2 is 2.05 bits per heavy atom. The molecule has 0 aliphatic rings. The first-order valence-corrected chi connectivity index (χ1v) is 6.35. The number of aryl methyl sites for hydroxylation is 1. The van der Waals surface area contributed by atoms with E-state index in [0.29, 0.717) is 24.5 Å². The van der Waals surface area contributed by atoms with Crippen LogP contribution in [0.1, 0.15) is 16.1 Å². The molecular weight excluding hydrogens is 254 g/mol. The van der Waals surface area contributed by atoms with Gasteiger partial charge in [-0.1, -0.05) is 18.2 Å². The number of aromatic nitrogens is 1. The molecule has 0 saturated heterocycles. The van der Waals surface area contributed by atoms with Gasteiger partial charge in [0.2, 0.25) is 0 Å². The lowest BCUT2D eigenvalue weighted by Crippen LogP contribution is -2.28. The summed E-state index contributed by atoms with van der Waals surface area (Å²) in [5, 5.41) is 2.78. The maximum absolute atomic E-state index is 11.9. The minimum Gasteiger partial charge on any atom is -0.492 e. The first-order chi connectivity index (χ1) is 9.65. The number of ether oxygens (including phenoxy) is 1. The number of rotatable bonds is 5. The third kappa shape index (κ3) is 3.98. The maximum Gasteiger partial charge on any atom is 0.251 e. The number of amides is 1. The van der Waals surface area contributed by atoms with Gasteiger partial charge in [-0.3, -0.25) is 4.79 Å². The second-order valence-electron chi connectivity index (χ2n) is 4.34. The molecule has 104 valence electrons. The molecule has 2 rings (SSSR count). The summed E-state index contributed by atoms with van der Waals surface area (Å²) < 4.78 is 5.49. The lowest BCUT2D eigenvalue weighted by molar-refractivity contribution is 0.0947. The molecule has 0 fully saturated rings. The van der Waals surface area contributed by atoms with Crippen molar-refractivity contribution in [3.63, 3.8) is 0 Å². The number of carbonyl (C=O) groups is 1. The van der Waals surface area contributed by atoms with E-state index in [9.17, 15) is 4.79 Å². The van der Waals surface area contributed by atoms with Crippen molar-refractivity contribution in [3.8, 4) is 5.75 Å². The van der Waals surface area contributed by atoms with E-state index in [4.69, 9.17) is 10.5 Å². The Bertz CT molecular complexity index is 565. The molecule has 0 bridgehead atoms. The van der Waals surface area contributed by atoms with Gasteiger partial charge in [0, 0.05) is 11.3 Å².